The zero-order valence-electron chi connectivity index (χ0n) is 7.56. The lowest BCUT2D eigenvalue weighted by Gasteiger charge is -2.13. The Balaban J connectivity index is 2.41. The van der Waals surface area contributed by atoms with Crippen LogP contribution in [0, 0.1) is 11.3 Å². The Hall–Kier alpha value is -1.61. The van der Waals surface area contributed by atoms with Crippen LogP contribution in [0.15, 0.2) is 0 Å². The Labute approximate surface area is 81.1 Å². The summed E-state index contributed by atoms with van der Waals surface area (Å²) in [5, 5.41) is 19.5. The molecular weight excluding hydrogens is 186 g/mol. The molecule has 0 radical (unpaired) electrons. The van der Waals surface area contributed by atoms with Crippen molar-refractivity contribution in [3.05, 3.63) is 0 Å². The highest BCUT2D eigenvalue weighted by atomic mass is 16.3. The number of hydrogen-bond donors (Lipinski definition) is 2. The standard InChI is InChI=1S/C8H11N3O3/c9-2-3-10-7(13)8(14)11-4-1-6(12)5-11/h6,12H,1,3-5H2,(H,10,13). The SMILES string of the molecule is N#CCNC(=O)C(=O)N1CCC(O)C1. The molecule has 2 N–H and O–H groups in total. The first-order valence-corrected chi connectivity index (χ1v) is 4.27. The number of nitrogens with one attached hydrogen (secondary N) is 1. The van der Waals surface area contributed by atoms with Crippen molar-refractivity contribution < 1.29 is 14.7 Å². The summed E-state index contributed by atoms with van der Waals surface area (Å²) in [6.07, 6.45) is -0.0419. The normalized spacial score (nSPS) is 20.3. The second-order valence-corrected chi connectivity index (χ2v) is 3.03. The molecule has 0 aromatic rings. The molecule has 2 amide bonds. The van der Waals surface area contributed by atoms with Crippen LogP contribution in [0.4, 0.5) is 0 Å². The second kappa shape index (κ2) is 4.58. The summed E-state index contributed by atoms with van der Waals surface area (Å²) in [7, 11) is 0. The average molecular weight is 197 g/mol. The number of nitrogens with zero attached hydrogens (tertiary/aromatic N) is 2. The summed E-state index contributed by atoms with van der Waals surface area (Å²) >= 11 is 0. The highest BCUT2D eigenvalue weighted by Crippen LogP contribution is 2.08. The van der Waals surface area contributed by atoms with Gasteiger partial charge < -0.3 is 15.3 Å². The molecular formula is C8H11N3O3. The number of aliphatic hydroxyl groups excluding tert-OH is 1. The minimum Gasteiger partial charge on any atom is -0.391 e. The summed E-state index contributed by atoms with van der Waals surface area (Å²) < 4.78 is 0. The molecule has 0 aromatic carbocycles. The third kappa shape index (κ3) is 2.44. The van der Waals surface area contributed by atoms with Crippen molar-refractivity contribution in [3.8, 4) is 6.07 Å². The van der Waals surface area contributed by atoms with E-state index in [0.717, 1.165) is 0 Å². The van der Waals surface area contributed by atoms with Crippen molar-refractivity contribution in [2.24, 2.45) is 0 Å². The van der Waals surface area contributed by atoms with Crippen molar-refractivity contribution in [2.45, 2.75) is 12.5 Å². The van der Waals surface area contributed by atoms with E-state index in [-0.39, 0.29) is 13.1 Å². The lowest BCUT2D eigenvalue weighted by atomic mass is 10.3. The molecule has 0 spiro atoms. The van der Waals surface area contributed by atoms with Gasteiger partial charge in [-0.3, -0.25) is 9.59 Å². The van der Waals surface area contributed by atoms with Crippen LogP contribution in [0.25, 0.3) is 0 Å². The van der Waals surface area contributed by atoms with Gasteiger partial charge in [0, 0.05) is 13.1 Å². The van der Waals surface area contributed by atoms with Crippen LogP contribution in [0.1, 0.15) is 6.42 Å². The van der Waals surface area contributed by atoms with Crippen molar-refractivity contribution in [1.29, 1.82) is 5.26 Å². The lowest BCUT2D eigenvalue weighted by molar-refractivity contribution is -0.145. The number of amides is 2. The average Bonchev–Trinajstić information content (AvgIpc) is 2.60. The summed E-state index contributed by atoms with van der Waals surface area (Å²) in [4.78, 5) is 23.6. The van der Waals surface area contributed by atoms with E-state index in [0.29, 0.717) is 13.0 Å². The number of rotatable bonds is 1. The molecule has 1 aliphatic heterocycles. The summed E-state index contributed by atoms with van der Waals surface area (Å²) in [6, 6.07) is 1.70. The van der Waals surface area contributed by atoms with Gasteiger partial charge in [-0.05, 0) is 6.42 Å². The first kappa shape index (κ1) is 10.5. The number of likely N-dealkylation sites (tertiary alicyclic amines) is 1. The maximum absolute atomic E-state index is 11.3. The van der Waals surface area contributed by atoms with Gasteiger partial charge in [0.15, 0.2) is 0 Å². The van der Waals surface area contributed by atoms with E-state index in [4.69, 9.17) is 10.4 Å². The van der Waals surface area contributed by atoms with Gasteiger partial charge in [0.25, 0.3) is 0 Å². The van der Waals surface area contributed by atoms with Gasteiger partial charge in [-0.1, -0.05) is 0 Å². The third-order valence-corrected chi connectivity index (χ3v) is 1.97. The molecule has 1 heterocycles. The van der Waals surface area contributed by atoms with Gasteiger partial charge in [0.05, 0.1) is 12.2 Å². The topological polar surface area (TPSA) is 93.4 Å². The Bertz CT molecular complexity index is 284. The molecule has 6 heteroatoms. The molecule has 1 unspecified atom stereocenters. The van der Waals surface area contributed by atoms with E-state index in [1.807, 2.05) is 0 Å². The molecule has 1 saturated heterocycles. The minimum absolute atomic E-state index is 0.180. The fourth-order valence-corrected chi connectivity index (χ4v) is 1.27. The second-order valence-electron chi connectivity index (χ2n) is 3.03. The predicted octanol–water partition coefficient (Wildman–Crippen LogP) is -1.78. The monoisotopic (exact) mass is 197 g/mol. The lowest BCUT2D eigenvalue weighted by Crippen LogP contribution is -2.42. The molecule has 1 aliphatic rings. The highest BCUT2D eigenvalue weighted by molar-refractivity contribution is 6.35. The smallest absolute Gasteiger partial charge is 0.311 e. The molecule has 1 fully saturated rings. The zero-order valence-corrected chi connectivity index (χ0v) is 7.56. The Morgan fingerprint density at radius 2 is 2.36 bits per heavy atom. The molecule has 6 nitrogen and oxygen atoms in total. The van der Waals surface area contributed by atoms with Gasteiger partial charge >= 0.3 is 11.8 Å². The maximum atomic E-state index is 11.3. The van der Waals surface area contributed by atoms with Gasteiger partial charge in [-0.2, -0.15) is 5.26 Å². The molecule has 0 aliphatic carbocycles. The van der Waals surface area contributed by atoms with Crippen molar-refractivity contribution >= 4 is 11.8 Å². The zero-order chi connectivity index (χ0) is 10.6. The number of hydrogen-bond acceptors (Lipinski definition) is 4. The van der Waals surface area contributed by atoms with Crippen LogP contribution in [0.2, 0.25) is 0 Å². The van der Waals surface area contributed by atoms with Crippen LogP contribution in [0.5, 0.6) is 0 Å². The largest absolute Gasteiger partial charge is 0.391 e. The molecule has 14 heavy (non-hydrogen) atoms. The molecule has 1 atom stereocenters. The first-order valence-electron chi connectivity index (χ1n) is 4.27. The van der Waals surface area contributed by atoms with E-state index in [9.17, 15) is 9.59 Å². The van der Waals surface area contributed by atoms with Gasteiger partial charge in [-0.25, -0.2) is 0 Å². The molecule has 76 valence electrons. The van der Waals surface area contributed by atoms with Crippen molar-refractivity contribution in [2.75, 3.05) is 19.6 Å². The van der Waals surface area contributed by atoms with Crippen LogP contribution in [0.3, 0.4) is 0 Å². The minimum atomic E-state index is -0.791. The number of β-amino-alcohol motifs (C(OH)–C–C–N with tert-alkyl or cyclic N) is 1. The Kier molecular flexibility index (Phi) is 3.42. The maximum Gasteiger partial charge on any atom is 0.311 e. The number of carbonyl (C=O) groups is 2. The summed E-state index contributed by atoms with van der Waals surface area (Å²) in [5.41, 5.74) is 0. The van der Waals surface area contributed by atoms with E-state index in [1.54, 1.807) is 6.07 Å². The number of aliphatic hydroxyl groups is 1. The molecule has 0 aromatic heterocycles. The van der Waals surface area contributed by atoms with E-state index in [2.05, 4.69) is 5.32 Å². The van der Waals surface area contributed by atoms with Crippen LogP contribution >= 0.6 is 0 Å². The van der Waals surface area contributed by atoms with E-state index < -0.39 is 17.9 Å². The van der Waals surface area contributed by atoms with Crippen molar-refractivity contribution in [1.82, 2.24) is 10.2 Å². The van der Waals surface area contributed by atoms with E-state index in [1.165, 1.54) is 4.90 Å². The van der Waals surface area contributed by atoms with Crippen LogP contribution < -0.4 is 5.32 Å². The molecule has 0 saturated carbocycles. The quantitative estimate of drug-likeness (QED) is 0.384. The Morgan fingerprint density at radius 1 is 1.64 bits per heavy atom. The highest BCUT2D eigenvalue weighted by Gasteiger charge is 2.28. The number of carbonyl (C=O) groups excluding carboxylic acids is 2. The van der Waals surface area contributed by atoms with Gasteiger partial charge in [0.2, 0.25) is 0 Å². The van der Waals surface area contributed by atoms with Crippen LogP contribution in [-0.2, 0) is 9.59 Å². The molecule has 1 rings (SSSR count). The number of nitriles is 1. The van der Waals surface area contributed by atoms with E-state index >= 15 is 0 Å². The predicted molar refractivity (Wildman–Crippen MR) is 45.8 cm³/mol. The fraction of sp³-hybridized carbons (Fsp3) is 0.625. The molecule has 0 bridgehead atoms. The first-order chi connectivity index (χ1) is 6.65. The summed E-state index contributed by atoms with van der Waals surface area (Å²) in [5.74, 6) is -1.47. The van der Waals surface area contributed by atoms with Gasteiger partial charge in [-0.15, -0.1) is 0 Å². The van der Waals surface area contributed by atoms with Crippen molar-refractivity contribution in [3.63, 3.8) is 0 Å². The Morgan fingerprint density at radius 3 is 2.86 bits per heavy atom. The van der Waals surface area contributed by atoms with Crippen LogP contribution in [-0.4, -0.2) is 47.6 Å². The summed E-state index contributed by atoms with van der Waals surface area (Å²) in [6.45, 7) is 0.403. The fourth-order valence-electron chi connectivity index (χ4n) is 1.27. The third-order valence-electron chi connectivity index (χ3n) is 1.97. The van der Waals surface area contributed by atoms with Gasteiger partial charge in [0.1, 0.15) is 6.54 Å².